The van der Waals surface area contributed by atoms with Crippen molar-refractivity contribution < 1.29 is 5.11 Å². The third kappa shape index (κ3) is 3.00. The van der Waals surface area contributed by atoms with E-state index < -0.39 is 0 Å². The highest BCUT2D eigenvalue weighted by atomic mass is 79.9. The summed E-state index contributed by atoms with van der Waals surface area (Å²) in [5.41, 5.74) is 6.70. The highest BCUT2D eigenvalue weighted by molar-refractivity contribution is 9.10. The van der Waals surface area contributed by atoms with Crippen LogP contribution in [0.5, 0.6) is 5.75 Å². The van der Waals surface area contributed by atoms with Crippen molar-refractivity contribution in [2.24, 2.45) is 11.7 Å². The summed E-state index contributed by atoms with van der Waals surface area (Å²) in [4.78, 5) is 2.39. The van der Waals surface area contributed by atoms with Crippen molar-refractivity contribution in [1.29, 1.82) is 0 Å². The molecule has 0 saturated carbocycles. The molecule has 3 N–H and O–H groups in total. The van der Waals surface area contributed by atoms with E-state index in [-0.39, 0.29) is 0 Å². The molecule has 2 atom stereocenters. The van der Waals surface area contributed by atoms with Crippen LogP contribution in [-0.4, -0.2) is 29.1 Å². The number of phenolic OH excluding ortho intramolecular Hbond substituents is 1. The van der Waals surface area contributed by atoms with Gasteiger partial charge in [-0.25, -0.2) is 0 Å². The lowest BCUT2D eigenvalue weighted by atomic mass is 10.1. The summed E-state index contributed by atoms with van der Waals surface area (Å²) >= 11 is 3.44. The fourth-order valence-electron chi connectivity index (χ4n) is 2.51. The van der Waals surface area contributed by atoms with Gasteiger partial charge in [0.1, 0.15) is 5.75 Å². The summed E-state index contributed by atoms with van der Waals surface area (Å²) in [6, 6.07) is 6.12. The number of halogens is 1. The quantitative estimate of drug-likeness (QED) is 0.900. The SMILES string of the molecule is CC1CC(CN)CN1Cc1cc(Br)ccc1O. The fraction of sp³-hybridized carbons (Fsp3) is 0.538. The minimum absolute atomic E-state index is 0.372. The van der Waals surface area contributed by atoms with Crippen LogP contribution in [0.2, 0.25) is 0 Å². The van der Waals surface area contributed by atoms with Crippen LogP contribution in [0.15, 0.2) is 22.7 Å². The topological polar surface area (TPSA) is 49.5 Å². The molecule has 0 aliphatic carbocycles. The molecule has 1 heterocycles. The molecule has 1 saturated heterocycles. The molecule has 0 radical (unpaired) electrons. The maximum Gasteiger partial charge on any atom is 0.120 e. The molecule has 4 heteroatoms. The Bertz CT molecular complexity index is 397. The summed E-state index contributed by atoms with van der Waals surface area (Å²) in [5.74, 6) is 0.968. The molecule has 1 aromatic carbocycles. The molecule has 2 unspecified atom stereocenters. The van der Waals surface area contributed by atoms with Gasteiger partial charge in [0.05, 0.1) is 0 Å². The van der Waals surface area contributed by atoms with E-state index in [1.165, 1.54) is 0 Å². The number of aromatic hydroxyl groups is 1. The standard InChI is InChI=1S/C13H19BrN2O/c1-9-4-10(6-15)7-16(9)8-11-5-12(14)2-3-13(11)17/h2-3,5,9-10,17H,4,6-8,15H2,1H3. The van der Waals surface area contributed by atoms with Gasteiger partial charge >= 0.3 is 0 Å². The van der Waals surface area contributed by atoms with Crippen LogP contribution in [0, 0.1) is 5.92 Å². The zero-order valence-electron chi connectivity index (χ0n) is 10.1. The molecule has 1 aliphatic rings. The number of nitrogens with zero attached hydrogens (tertiary/aromatic N) is 1. The van der Waals surface area contributed by atoms with Crippen LogP contribution in [0.1, 0.15) is 18.9 Å². The van der Waals surface area contributed by atoms with Crippen LogP contribution < -0.4 is 5.73 Å². The number of hydrogen-bond donors (Lipinski definition) is 2. The van der Waals surface area contributed by atoms with Gasteiger partial charge in [-0.1, -0.05) is 15.9 Å². The van der Waals surface area contributed by atoms with Gasteiger partial charge in [0, 0.05) is 29.2 Å². The number of phenols is 1. The van der Waals surface area contributed by atoms with Gasteiger partial charge in [-0.3, -0.25) is 4.90 Å². The van der Waals surface area contributed by atoms with Crippen molar-refractivity contribution in [3.8, 4) is 5.75 Å². The van der Waals surface area contributed by atoms with Crippen LogP contribution in [0.25, 0.3) is 0 Å². The Labute approximate surface area is 111 Å². The van der Waals surface area contributed by atoms with E-state index in [1.54, 1.807) is 6.07 Å². The molecule has 0 aromatic heterocycles. The average molecular weight is 299 g/mol. The van der Waals surface area contributed by atoms with E-state index in [2.05, 4.69) is 27.8 Å². The summed E-state index contributed by atoms with van der Waals surface area (Å²) < 4.78 is 1.01. The first-order chi connectivity index (χ1) is 8.10. The van der Waals surface area contributed by atoms with Gasteiger partial charge in [0.2, 0.25) is 0 Å². The molecule has 3 nitrogen and oxygen atoms in total. The van der Waals surface area contributed by atoms with Crippen LogP contribution in [0.3, 0.4) is 0 Å². The Morgan fingerprint density at radius 1 is 1.53 bits per heavy atom. The van der Waals surface area contributed by atoms with Crippen LogP contribution in [-0.2, 0) is 6.54 Å². The second kappa shape index (κ2) is 5.38. The Morgan fingerprint density at radius 3 is 2.94 bits per heavy atom. The first kappa shape index (κ1) is 12.9. The fourth-order valence-corrected chi connectivity index (χ4v) is 2.92. The number of benzene rings is 1. The van der Waals surface area contributed by atoms with E-state index in [0.29, 0.717) is 17.7 Å². The second-order valence-electron chi connectivity index (χ2n) is 4.89. The third-order valence-electron chi connectivity index (χ3n) is 3.54. The zero-order chi connectivity index (χ0) is 12.4. The van der Waals surface area contributed by atoms with Gasteiger partial charge in [-0.15, -0.1) is 0 Å². The largest absolute Gasteiger partial charge is 0.508 e. The lowest BCUT2D eigenvalue weighted by Crippen LogP contribution is -2.27. The first-order valence-electron chi connectivity index (χ1n) is 6.01. The van der Waals surface area contributed by atoms with Crippen molar-refractivity contribution in [2.75, 3.05) is 13.1 Å². The maximum absolute atomic E-state index is 9.83. The molecule has 0 spiro atoms. The van der Waals surface area contributed by atoms with Crippen molar-refractivity contribution in [1.82, 2.24) is 4.90 Å². The molecular formula is C13H19BrN2O. The Balaban J connectivity index is 2.08. The predicted octanol–water partition coefficient (Wildman–Crippen LogP) is 2.32. The molecule has 2 rings (SSSR count). The molecule has 0 bridgehead atoms. The highest BCUT2D eigenvalue weighted by Gasteiger charge is 2.28. The Morgan fingerprint density at radius 2 is 2.29 bits per heavy atom. The monoisotopic (exact) mass is 298 g/mol. The van der Waals surface area contributed by atoms with E-state index >= 15 is 0 Å². The van der Waals surface area contributed by atoms with Gasteiger partial charge in [0.15, 0.2) is 0 Å². The van der Waals surface area contributed by atoms with Crippen molar-refractivity contribution >= 4 is 15.9 Å². The van der Waals surface area contributed by atoms with Crippen LogP contribution >= 0.6 is 15.9 Å². The molecule has 17 heavy (non-hydrogen) atoms. The Hall–Kier alpha value is -0.580. The van der Waals surface area contributed by atoms with E-state index in [9.17, 15) is 5.11 Å². The minimum Gasteiger partial charge on any atom is -0.508 e. The first-order valence-corrected chi connectivity index (χ1v) is 6.81. The van der Waals surface area contributed by atoms with Crippen molar-refractivity contribution in [2.45, 2.75) is 25.9 Å². The van der Waals surface area contributed by atoms with Gasteiger partial charge in [-0.2, -0.15) is 0 Å². The lowest BCUT2D eigenvalue weighted by Gasteiger charge is -2.21. The van der Waals surface area contributed by atoms with Gasteiger partial charge in [0.25, 0.3) is 0 Å². The molecule has 0 amide bonds. The number of likely N-dealkylation sites (tertiary alicyclic amines) is 1. The van der Waals surface area contributed by atoms with E-state index in [1.807, 2.05) is 12.1 Å². The number of hydrogen-bond acceptors (Lipinski definition) is 3. The van der Waals surface area contributed by atoms with Gasteiger partial charge in [-0.05, 0) is 44.0 Å². The molecule has 1 aliphatic heterocycles. The molecule has 1 fully saturated rings. The molecule has 1 aromatic rings. The van der Waals surface area contributed by atoms with Crippen molar-refractivity contribution in [3.63, 3.8) is 0 Å². The highest BCUT2D eigenvalue weighted by Crippen LogP contribution is 2.28. The van der Waals surface area contributed by atoms with E-state index in [4.69, 9.17) is 5.73 Å². The second-order valence-corrected chi connectivity index (χ2v) is 5.80. The summed E-state index contributed by atoms with van der Waals surface area (Å²) in [7, 11) is 0. The summed E-state index contributed by atoms with van der Waals surface area (Å²) in [6.07, 6.45) is 1.16. The lowest BCUT2D eigenvalue weighted by molar-refractivity contribution is 0.252. The maximum atomic E-state index is 9.83. The summed E-state index contributed by atoms with van der Waals surface area (Å²) in [5, 5.41) is 9.83. The van der Waals surface area contributed by atoms with Gasteiger partial charge < -0.3 is 10.8 Å². The number of nitrogens with two attached hydrogens (primary N) is 1. The predicted molar refractivity (Wildman–Crippen MR) is 72.8 cm³/mol. The number of rotatable bonds is 3. The molecule has 94 valence electrons. The van der Waals surface area contributed by atoms with E-state index in [0.717, 1.165) is 36.1 Å². The normalized spacial score (nSPS) is 25.4. The smallest absolute Gasteiger partial charge is 0.120 e. The Kier molecular flexibility index (Phi) is 4.07. The minimum atomic E-state index is 0.372. The third-order valence-corrected chi connectivity index (χ3v) is 4.03. The van der Waals surface area contributed by atoms with Crippen molar-refractivity contribution in [3.05, 3.63) is 28.2 Å². The summed E-state index contributed by atoms with van der Waals surface area (Å²) in [6.45, 7) is 4.81. The van der Waals surface area contributed by atoms with Crippen LogP contribution in [0.4, 0.5) is 0 Å². The molecular weight excluding hydrogens is 280 g/mol. The zero-order valence-corrected chi connectivity index (χ0v) is 11.7. The average Bonchev–Trinajstić information content (AvgIpc) is 2.65.